The van der Waals surface area contributed by atoms with Gasteiger partial charge in [-0.15, -0.1) is 0 Å². The number of aromatic nitrogens is 1. The first-order chi connectivity index (χ1) is 11.9. The fourth-order valence-electron chi connectivity index (χ4n) is 3.48. The zero-order valence-corrected chi connectivity index (χ0v) is 15.6. The molecular formula is C18H25N3O3S. The molecule has 1 aromatic heterocycles. The van der Waals surface area contributed by atoms with Crippen molar-refractivity contribution in [2.75, 3.05) is 40.4 Å². The normalized spacial score (nSPS) is 17.9. The molecule has 2 heterocycles. The summed E-state index contributed by atoms with van der Waals surface area (Å²) in [4.78, 5) is 6.60. The highest BCUT2D eigenvalue weighted by molar-refractivity contribution is 7.89. The van der Waals surface area contributed by atoms with E-state index in [1.807, 2.05) is 26.2 Å². The van der Waals surface area contributed by atoms with Gasteiger partial charge in [0.05, 0.1) is 5.52 Å². The Bertz CT molecular complexity index is 825. The van der Waals surface area contributed by atoms with E-state index >= 15 is 0 Å². The topological polar surface area (TPSA) is 71.5 Å². The van der Waals surface area contributed by atoms with Crippen LogP contribution < -0.4 is 4.72 Å². The van der Waals surface area contributed by atoms with E-state index in [1.54, 1.807) is 24.4 Å². The van der Waals surface area contributed by atoms with Crippen LogP contribution in [0.2, 0.25) is 0 Å². The van der Waals surface area contributed by atoms with Gasteiger partial charge in [0.25, 0.3) is 0 Å². The second-order valence-corrected chi connectivity index (χ2v) is 8.74. The summed E-state index contributed by atoms with van der Waals surface area (Å²) in [5.74, 6) is 0. The summed E-state index contributed by atoms with van der Waals surface area (Å²) in [6.45, 7) is 2.57. The summed E-state index contributed by atoms with van der Waals surface area (Å²) >= 11 is 0. The maximum absolute atomic E-state index is 12.9. The maximum Gasteiger partial charge on any atom is 0.242 e. The van der Waals surface area contributed by atoms with Crippen LogP contribution in [0, 0.1) is 5.41 Å². The average Bonchev–Trinajstić information content (AvgIpc) is 2.60. The molecule has 2 aromatic rings. The van der Waals surface area contributed by atoms with Crippen LogP contribution in [0.15, 0.2) is 41.4 Å². The zero-order chi connectivity index (χ0) is 17.9. The van der Waals surface area contributed by atoms with Gasteiger partial charge in [0.1, 0.15) is 4.90 Å². The highest BCUT2D eigenvalue weighted by Crippen LogP contribution is 2.31. The molecule has 0 spiro atoms. The van der Waals surface area contributed by atoms with Crippen LogP contribution in [0.4, 0.5) is 0 Å². The molecule has 1 aromatic carbocycles. The Balaban J connectivity index is 1.85. The van der Waals surface area contributed by atoms with Crippen molar-refractivity contribution in [3.05, 3.63) is 36.5 Å². The van der Waals surface area contributed by atoms with Crippen LogP contribution in [0.3, 0.4) is 0 Å². The lowest BCUT2D eigenvalue weighted by Gasteiger charge is -2.39. The summed E-state index contributed by atoms with van der Waals surface area (Å²) in [6.07, 6.45) is 3.32. The molecule has 0 amide bonds. The molecule has 0 atom stereocenters. The number of pyridine rings is 1. The number of nitrogens with zero attached hydrogens (tertiary/aromatic N) is 2. The molecule has 1 fully saturated rings. The van der Waals surface area contributed by atoms with Gasteiger partial charge in [0.15, 0.2) is 0 Å². The standard InChI is InChI=1S/C18H25N3O3S/c1-21(2)14-18(8-11-24-12-9-18)13-20-25(22,23)16-7-3-5-15-6-4-10-19-17(15)16/h3-7,10,20H,8-9,11-14H2,1-2H3. The molecule has 0 aliphatic carbocycles. The maximum atomic E-state index is 12.9. The van der Waals surface area contributed by atoms with Crippen LogP contribution in [0.5, 0.6) is 0 Å². The third-order valence-corrected chi connectivity index (χ3v) is 6.16. The van der Waals surface area contributed by atoms with Crippen LogP contribution in [-0.4, -0.2) is 58.7 Å². The molecule has 1 aliphatic heterocycles. The van der Waals surface area contributed by atoms with Crippen LogP contribution in [-0.2, 0) is 14.8 Å². The predicted octanol–water partition coefficient (Wildman–Crippen LogP) is 1.87. The quantitative estimate of drug-likeness (QED) is 0.848. The lowest BCUT2D eigenvalue weighted by molar-refractivity contribution is 0.00513. The van der Waals surface area contributed by atoms with Gasteiger partial charge in [-0.3, -0.25) is 4.98 Å². The second-order valence-electron chi connectivity index (χ2n) is 7.01. The molecule has 136 valence electrons. The Hall–Kier alpha value is -1.54. The predicted molar refractivity (Wildman–Crippen MR) is 98.0 cm³/mol. The van der Waals surface area contributed by atoms with Crippen molar-refractivity contribution in [3.8, 4) is 0 Å². The van der Waals surface area contributed by atoms with Gasteiger partial charge < -0.3 is 9.64 Å². The molecule has 0 bridgehead atoms. The summed E-state index contributed by atoms with van der Waals surface area (Å²) < 4.78 is 34.1. The van der Waals surface area contributed by atoms with E-state index < -0.39 is 10.0 Å². The fraction of sp³-hybridized carbons (Fsp3) is 0.500. The smallest absolute Gasteiger partial charge is 0.242 e. The summed E-state index contributed by atoms with van der Waals surface area (Å²) in [6, 6.07) is 8.91. The minimum absolute atomic E-state index is 0.104. The van der Waals surface area contributed by atoms with Crippen molar-refractivity contribution in [2.24, 2.45) is 5.41 Å². The van der Waals surface area contributed by atoms with Crippen molar-refractivity contribution in [1.82, 2.24) is 14.6 Å². The third kappa shape index (κ3) is 4.17. The first-order valence-corrected chi connectivity index (χ1v) is 9.96. The molecule has 3 rings (SSSR count). The number of nitrogens with one attached hydrogen (secondary N) is 1. The molecule has 1 saturated heterocycles. The summed E-state index contributed by atoms with van der Waals surface area (Å²) in [5, 5.41) is 0.819. The Kier molecular flexibility index (Phi) is 5.38. The molecule has 1 aliphatic rings. The second kappa shape index (κ2) is 7.37. The van der Waals surface area contributed by atoms with E-state index in [4.69, 9.17) is 4.74 Å². The number of para-hydroxylation sites is 1. The Labute approximate surface area is 149 Å². The lowest BCUT2D eigenvalue weighted by Crippen LogP contribution is -2.47. The Morgan fingerprint density at radius 1 is 1.20 bits per heavy atom. The number of ether oxygens (including phenoxy) is 1. The number of benzene rings is 1. The highest BCUT2D eigenvalue weighted by atomic mass is 32.2. The van der Waals surface area contributed by atoms with Gasteiger partial charge in [-0.1, -0.05) is 18.2 Å². The van der Waals surface area contributed by atoms with Gasteiger partial charge >= 0.3 is 0 Å². The number of hydrogen-bond donors (Lipinski definition) is 1. The van der Waals surface area contributed by atoms with E-state index in [1.165, 1.54) is 0 Å². The summed E-state index contributed by atoms with van der Waals surface area (Å²) in [5.41, 5.74) is 0.401. The minimum atomic E-state index is -3.63. The molecule has 25 heavy (non-hydrogen) atoms. The molecule has 0 unspecified atom stereocenters. The third-order valence-electron chi connectivity index (χ3n) is 4.73. The van der Waals surface area contributed by atoms with E-state index in [-0.39, 0.29) is 10.3 Å². The van der Waals surface area contributed by atoms with Crippen molar-refractivity contribution < 1.29 is 13.2 Å². The molecule has 6 nitrogen and oxygen atoms in total. The van der Waals surface area contributed by atoms with Gasteiger partial charge in [0, 0.05) is 43.3 Å². The van der Waals surface area contributed by atoms with Crippen molar-refractivity contribution in [3.63, 3.8) is 0 Å². The van der Waals surface area contributed by atoms with Crippen LogP contribution in [0.25, 0.3) is 10.9 Å². The fourth-order valence-corrected chi connectivity index (χ4v) is 4.82. The van der Waals surface area contributed by atoms with Gasteiger partial charge in [0.2, 0.25) is 10.0 Å². The number of rotatable bonds is 6. The first-order valence-electron chi connectivity index (χ1n) is 8.48. The average molecular weight is 363 g/mol. The molecule has 0 radical (unpaired) electrons. The molecule has 1 N–H and O–H groups in total. The van der Waals surface area contributed by atoms with Crippen molar-refractivity contribution in [2.45, 2.75) is 17.7 Å². The van der Waals surface area contributed by atoms with Gasteiger partial charge in [-0.25, -0.2) is 13.1 Å². The number of fused-ring (bicyclic) bond motifs is 1. The Morgan fingerprint density at radius 3 is 2.64 bits per heavy atom. The SMILES string of the molecule is CN(C)CC1(CNS(=O)(=O)c2cccc3cccnc23)CCOCC1. The minimum Gasteiger partial charge on any atom is -0.381 e. The largest absolute Gasteiger partial charge is 0.381 e. The van der Waals surface area contributed by atoms with E-state index in [0.717, 1.165) is 24.8 Å². The van der Waals surface area contributed by atoms with E-state index in [9.17, 15) is 8.42 Å². The molecule has 0 saturated carbocycles. The highest BCUT2D eigenvalue weighted by Gasteiger charge is 2.34. The lowest BCUT2D eigenvalue weighted by atomic mass is 9.80. The summed E-state index contributed by atoms with van der Waals surface area (Å²) in [7, 11) is 0.396. The number of sulfonamides is 1. The first kappa shape index (κ1) is 18.3. The molecule has 7 heteroatoms. The monoisotopic (exact) mass is 363 g/mol. The van der Waals surface area contributed by atoms with Crippen LogP contribution >= 0.6 is 0 Å². The van der Waals surface area contributed by atoms with E-state index in [2.05, 4.69) is 14.6 Å². The Morgan fingerprint density at radius 2 is 1.92 bits per heavy atom. The van der Waals surface area contributed by atoms with Gasteiger partial charge in [-0.05, 0) is 39.1 Å². The number of hydrogen-bond acceptors (Lipinski definition) is 5. The van der Waals surface area contributed by atoms with Gasteiger partial charge in [-0.2, -0.15) is 0 Å². The van der Waals surface area contributed by atoms with Crippen molar-refractivity contribution in [1.29, 1.82) is 0 Å². The molecular weight excluding hydrogens is 338 g/mol. The zero-order valence-electron chi connectivity index (χ0n) is 14.7. The van der Waals surface area contributed by atoms with Crippen molar-refractivity contribution >= 4 is 20.9 Å². The van der Waals surface area contributed by atoms with E-state index in [0.29, 0.717) is 25.3 Å². The van der Waals surface area contributed by atoms with Crippen LogP contribution in [0.1, 0.15) is 12.8 Å².